The zero-order valence-electron chi connectivity index (χ0n) is 24.9. The normalized spacial score (nSPS) is 11.5. The molecule has 2 aromatic heterocycles. The Bertz CT molecular complexity index is 2630. The van der Waals surface area contributed by atoms with Crippen LogP contribution in [0.5, 0.6) is 0 Å². The first-order valence-corrected chi connectivity index (χ1v) is 15.5. The zero-order chi connectivity index (χ0) is 30.6. The molecule has 0 aliphatic rings. The van der Waals surface area contributed by atoms with Crippen LogP contribution in [0.3, 0.4) is 0 Å². The molecule has 0 fully saturated rings. The van der Waals surface area contributed by atoms with Crippen molar-refractivity contribution >= 4 is 43.6 Å². The molecule has 0 unspecified atom stereocenters. The Morgan fingerprint density at radius 3 is 1.50 bits per heavy atom. The molecule has 3 heteroatoms. The summed E-state index contributed by atoms with van der Waals surface area (Å²) in [5.74, 6) is 0. The van der Waals surface area contributed by atoms with Gasteiger partial charge in [-0.15, -0.1) is 0 Å². The van der Waals surface area contributed by atoms with Crippen LogP contribution in [0.4, 0.5) is 0 Å². The van der Waals surface area contributed by atoms with E-state index >= 15 is 0 Å². The molecule has 7 aromatic carbocycles. The molecule has 3 nitrogen and oxygen atoms in total. The summed E-state index contributed by atoms with van der Waals surface area (Å²) in [4.78, 5) is 0. The van der Waals surface area contributed by atoms with E-state index in [0.717, 1.165) is 28.0 Å². The number of fused-ring (bicyclic) bond motifs is 6. The van der Waals surface area contributed by atoms with E-state index in [1.54, 1.807) is 0 Å². The number of hydrogen-bond acceptors (Lipinski definition) is 1. The lowest BCUT2D eigenvalue weighted by molar-refractivity contribution is 1.17. The zero-order valence-corrected chi connectivity index (χ0v) is 24.9. The highest BCUT2D eigenvalue weighted by Gasteiger charge is 2.21. The number of rotatable bonds is 4. The summed E-state index contributed by atoms with van der Waals surface area (Å²) in [5, 5.41) is 14.2. The van der Waals surface area contributed by atoms with Crippen LogP contribution in [-0.2, 0) is 0 Å². The van der Waals surface area contributed by atoms with Crippen LogP contribution in [0.25, 0.3) is 77.2 Å². The number of hydrogen-bond donors (Lipinski definition) is 0. The molecule has 0 radical (unpaired) electrons. The highest BCUT2D eigenvalue weighted by atomic mass is 15.0. The van der Waals surface area contributed by atoms with Gasteiger partial charge in [0.25, 0.3) is 0 Å². The molecule has 214 valence electrons. The van der Waals surface area contributed by atoms with Gasteiger partial charge in [0.2, 0.25) is 0 Å². The van der Waals surface area contributed by atoms with Gasteiger partial charge in [-0.3, -0.25) is 0 Å². The lowest BCUT2D eigenvalue weighted by atomic mass is 9.99. The number of benzene rings is 7. The second-order valence-corrected chi connectivity index (χ2v) is 11.7. The summed E-state index contributed by atoms with van der Waals surface area (Å²) in [6.07, 6.45) is 0. The molecule has 0 N–H and O–H groups in total. The standard InChI is InChI=1S/C43H27N3/c44-28-29-23-25-30(26-24-29)31-11-8-14-33(27-31)46-41-22-7-5-16-35(41)37-18-10-20-39(43(37)46)38-19-9-17-36-34-15-4-6-21-40(34)45(42(36)38)32-12-2-1-3-13-32/h1-27H. The van der Waals surface area contributed by atoms with Gasteiger partial charge >= 0.3 is 0 Å². The number of nitriles is 1. The predicted octanol–water partition coefficient (Wildman–Crippen LogP) is 11.1. The second kappa shape index (κ2) is 10.4. The Balaban J connectivity index is 1.38. The van der Waals surface area contributed by atoms with Gasteiger partial charge in [-0.2, -0.15) is 5.26 Å². The van der Waals surface area contributed by atoms with E-state index in [4.69, 9.17) is 0 Å². The van der Waals surface area contributed by atoms with Gasteiger partial charge in [-0.1, -0.05) is 115 Å². The molecule has 0 aliphatic carbocycles. The SMILES string of the molecule is N#Cc1ccc(-c2cccc(-n3c4ccccc4c4cccc(-c5cccc6c7ccccc7n(-c7ccccc7)c56)c43)c2)cc1. The molecular formula is C43H27N3. The van der Waals surface area contributed by atoms with Crippen LogP contribution < -0.4 is 0 Å². The molecule has 0 saturated heterocycles. The number of aromatic nitrogens is 2. The summed E-state index contributed by atoms with van der Waals surface area (Å²) in [6.45, 7) is 0. The Kier molecular flexibility index (Phi) is 5.88. The van der Waals surface area contributed by atoms with E-state index in [1.807, 2.05) is 24.3 Å². The maximum absolute atomic E-state index is 9.32. The lowest BCUT2D eigenvalue weighted by Crippen LogP contribution is -1.98. The number of para-hydroxylation sites is 5. The van der Waals surface area contributed by atoms with Crippen molar-refractivity contribution in [2.45, 2.75) is 0 Å². The van der Waals surface area contributed by atoms with E-state index in [2.05, 4.69) is 155 Å². The minimum absolute atomic E-state index is 0.661. The van der Waals surface area contributed by atoms with E-state index in [-0.39, 0.29) is 0 Å². The quantitative estimate of drug-likeness (QED) is 0.202. The maximum Gasteiger partial charge on any atom is 0.0991 e. The maximum atomic E-state index is 9.32. The highest BCUT2D eigenvalue weighted by Crippen LogP contribution is 2.43. The van der Waals surface area contributed by atoms with E-state index in [0.29, 0.717) is 5.56 Å². The molecule has 0 bridgehead atoms. The third-order valence-corrected chi connectivity index (χ3v) is 9.15. The van der Waals surface area contributed by atoms with Crippen molar-refractivity contribution in [1.29, 1.82) is 5.26 Å². The molecule has 9 aromatic rings. The summed E-state index contributed by atoms with van der Waals surface area (Å²) >= 11 is 0. The first-order valence-electron chi connectivity index (χ1n) is 15.5. The Labute approximate surface area is 266 Å². The Hall–Kier alpha value is -6.37. The predicted molar refractivity (Wildman–Crippen MR) is 191 cm³/mol. The first kappa shape index (κ1) is 26.1. The Morgan fingerprint density at radius 2 is 0.891 bits per heavy atom. The molecule has 0 aliphatic heterocycles. The van der Waals surface area contributed by atoms with Crippen LogP contribution in [-0.4, -0.2) is 9.13 Å². The summed E-state index contributed by atoms with van der Waals surface area (Å²) in [5.41, 5.74) is 12.2. The first-order chi connectivity index (χ1) is 22.8. The van der Waals surface area contributed by atoms with Gasteiger partial charge in [0.05, 0.1) is 33.7 Å². The smallest absolute Gasteiger partial charge is 0.0991 e. The fourth-order valence-electron chi connectivity index (χ4n) is 7.15. The fraction of sp³-hybridized carbons (Fsp3) is 0. The second-order valence-electron chi connectivity index (χ2n) is 11.7. The average Bonchev–Trinajstić information content (AvgIpc) is 3.65. The fourth-order valence-corrected chi connectivity index (χ4v) is 7.15. The van der Waals surface area contributed by atoms with Crippen molar-refractivity contribution in [3.8, 4) is 39.7 Å². The van der Waals surface area contributed by atoms with E-state index in [1.165, 1.54) is 49.2 Å². The van der Waals surface area contributed by atoms with Gasteiger partial charge in [0, 0.05) is 44.0 Å². The van der Waals surface area contributed by atoms with Crippen LogP contribution in [0.1, 0.15) is 5.56 Å². The molecule has 46 heavy (non-hydrogen) atoms. The van der Waals surface area contributed by atoms with Crippen molar-refractivity contribution in [3.63, 3.8) is 0 Å². The molecule has 0 spiro atoms. The lowest BCUT2D eigenvalue weighted by Gasteiger charge is -2.15. The minimum atomic E-state index is 0.661. The van der Waals surface area contributed by atoms with Crippen molar-refractivity contribution in [2.24, 2.45) is 0 Å². The third-order valence-electron chi connectivity index (χ3n) is 9.15. The molecule has 2 heterocycles. The molecule has 0 amide bonds. The topological polar surface area (TPSA) is 33.6 Å². The highest BCUT2D eigenvalue weighted by molar-refractivity contribution is 6.19. The van der Waals surface area contributed by atoms with Crippen LogP contribution in [0.15, 0.2) is 164 Å². The largest absolute Gasteiger partial charge is 0.309 e. The molecular weight excluding hydrogens is 558 g/mol. The van der Waals surface area contributed by atoms with Crippen molar-refractivity contribution in [2.75, 3.05) is 0 Å². The van der Waals surface area contributed by atoms with Crippen LogP contribution in [0.2, 0.25) is 0 Å². The van der Waals surface area contributed by atoms with Crippen molar-refractivity contribution < 1.29 is 0 Å². The summed E-state index contributed by atoms with van der Waals surface area (Å²) < 4.78 is 4.83. The van der Waals surface area contributed by atoms with Gasteiger partial charge < -0.3 is 9.13 Å². The van der Waals surface area contributed by atoms with Crippen LogP contribution in [0, 0.1) is 11.3 Å². The van der Waals surface area contributed by atoms with Gasteiger partial charge in [0.1, 0.15) is 0 Å². The van der Waals surface area contributed by atoms with Gasteiger partial charge in [-0.25, -0.2) is 0 Å². The summed E-state index contributed by atoms with van der Waals surface area (Å²) in [7, 11) is 0. The van der Waals surface area contributed by atoms with E-state index in [9.17, 15) is 5.26 Å². The molecule has 0 saturated carbocycles. The monoisotopic (exact) mass is 585 g/mol. The average molecular weight is 586 g/mol. The van der Waals surface area contributed by atoms with E-state index < -0.39 is 0 Å². The molecule has 0 atom stereocenters. The number of nitrogens with zero attached hydrogens (tertiary/aromatic N) is 3. The van der Waals surface area contributed by atoms with Gasteiger partial charge in [-0.05, 0) is 59.7 Å². The van der Waals surface area contributed by atoms with Crippen molar-refractivity contribution in [1.82, 2.24) is 9.13 Å². The minimum Gasteiger partial charge on any atom is -0.309 e. The Morgan fingerprint density at radius 1 is 0.391 bits per heavy atom. The van der Waals surface area contributed by atoms with Crippen molar-refractivity contribution in [3.05, 3.63) is 169 Å². The molecule has 9 rings (SSSR count). The third kappa shape index (κ3) is 3.91. The van der Waals surface area contributed by atoms with Crippen LogP contribution >= 0.6 is 0 Å². The summed E-state index contributed by atoms with van der Waals surface area (Å²) in [6, 6.07) is 60.2. The van der Waals surface area contributed by atoms with Gasteiger partial charge in [0.15, 0.2) is 0 Å².